The van der Waals surface area contributed by atoms with Crippen LogP contribution >= 0.6 is 0 Å². The van der Waals surface area contributed by atoms with Crippen molar-refractivity contribution in [2.45, 2.75) is 316 Å². The molecule has 3 N–H and O–H groups in total. The zero-order valence-electron chi connectivity index (χ0n) is 46.2. The Morgan fingerprint density at radius 3 is 1.75 bits per heavy atom. The number of ether oxygens (including phenoxy) is 3. The molecule has 0 bridgehead atoms. The van der Waals surface area contributed by atoms with Gasteiger partial charge in [0, 0.05) is 6.42 Å². The first-order valence-corrected chi connectivity index (χ1v) is 30.5. The van der Waals surface area contributed by atoms with Crippen molar-refractivity contribution in [2.75, 3.05) is 6.61 Å². The van der Waals surface area contributed by atoms with Gasteiger partial charge in [0.1, 0.15) is 31.0 Å². The van der Waals surface area contributed by atoms with Crippen molar-refractivity contribution in [3.63, 3.8) is 0 Å². The maximum Gasteiger partial charge on any atom is 0.305 e. The summed E-state index contributed by atoms with van der Waals surface area (Å²) in [6.45, 7) is 17.1. The van der Waals surface area contributed by atoms with Crippen molar-refractivity contribution in [3.8, 4) is 0 Å². The van der Waals surface area contributed by atoms with E-state index in [9.17, 15) is 20.1 Å². The summed E-state index contributed by atoms with van der Waals surface area (Å²) in [6, 6.07) is 0. The van der Waals surface area contributed by atoms with Crippen molar-refractivity contribution in [3.05, 3.63) is 11.6 Å². The SMILES string of the molecule is CCCCCCCCCCCCCCCCCCCCCCCCCCC(=O)OCC1OC(OC2CCC3(C)C(=CCC4C3CCC3(C)C(C(C)CCC(CC)C(C)C)CCC43)C2)C(O)C(O)C1O. The molecule has 14 atom stereocenters. The molecule has 0 aromatic heterocycles. The highest BCUT2D eigenvalue weighted by Crippen LogP contribution is 2.67. The monoisotopic (exact) mass is 969 g/mol. The zero-order chi connectivity index (χ0) is 49.7. The van der Waals surface area contributed by atoms with Crippen LogP contribution in [0.5, 0.6) is 0 Å². The van der Waals surface area contributed by atoms with Gasteiger partial charge in [0.2, 0.25) is 0 Å². The third kappa shape index (κ3) is 17.6. The summed E-state index contributed by atoms with van der Waals surface area (Å²) in [5.74, 6) is 5.23. The third-order valence-corrected chi connectivity index (χ3v) is 19.9. The number of aliphatic hydroxyl groups is 3. The molecular weight excluding hydrogens is 857 g/mol. The lowest BCUT2D eigenvalue weighted by Gasteiger charge is -2.58. The Hall–Kier alpha value is -0.990. The fourth-order valence-electron chi connectivity index (χ4n) is 15.2. The Labute approximate surface area is 425 Å². The maximum atomic E-state index is 12.7. The van der Waals surface area contributed by atoms with E-state index in [0.717, 1.165) is 80.5 Å². The van der Waals surface area contributed by atoms with Crippen LogP contribution in [-0.4, -0.2) is 64.7 Å². The molecule has 0 amide bonds. The van der Waals surface area contributed by atoms with Crippen LogP contribution in [0.4, 0.5) is 0 Å². The van der Waals surface area contributed by atoms with E-state index in [1.54, 1.807) is 0 Å². The van der Waals surface area contributed by atoms with E-state index in [-0.39, 0.29) is 24.1 Å². The molecule has 1 aliphatic heterocycles. The van der Waals surface area contributed by atoms with E-state index in [1.807, 2.05) is 0 Å². The number of carbonyl (C=O) groups is 1. The van der Waals surface area contributed by atoms with Gasteiger partial charge in [-0.1, -0.05) is 221 Å². The van der Waals surface area contributed by atoms with Crippen molar-refractivity contribution in [1.29, 1.82) is 0 Å². The van der Waals surface area contributed by atoms with Crippen LogP contribution in [0.3, 0.4) is 0 Å². The molecule has 0 aromatic rings. The number of hydrogen-bond donors (Lipinski definition) is 3. The van der Waals surface area contributed by atoms with Gasteiger partial charge in [-0.25, -0.2) is 0 Å². The fraction of sp³-hybridized carbons (Fsp3) is 0.952. The molecule has 1 heterocycles. The van der Waals surface area contributed by atoms with Crippen LogP contribution in [-0.2, 0) is 19.0 Å². The highest BCUT2D eigenvalue weighted by Gasteiger charge is 2.59. The van der Waals surface area contributed by atoms with Gasteiger partial charge < -0.3 is 29.5 Å². The quantitative estimate of drug-likeness (QED) is 0.0330. The molecule has 0 aromatic carbocycles. The molecule has 0 radical (unpaired) electrons. The summed E-state index contributed by atoms with van der Waals surface area (Å²) in [6.07, 6.45) is 42.2. The van der Waals surface area contributed by atoms with Crippen molar-refractivity contribution < 1.29 is 34.3 Å². The zero-order valence-corrected chi connectivity index (χ0v) is 46.2. The summed E-state index contributed by atoms with van der Waals surface area (Å²) in [5, 5.41) is 32.7. The van der Waals surface area contributed by atoms with Gasteiger partial charge in [-0.3, -0.25) is 4.79 Å². The van der Waals surface area contributed by atoms with Crippen LogP contribution in [0.2, 0.25) is 0 Å². The lowest BCUT2D eigenvalue weighted by Crippen LogP contribution is -2.60. The summed E-state index contributed by atoms with van der Waals surface area (Å²) in [7, 11) is 0. The van der Waals surface area contributed by atoms with Crippen LogP contribution < -0.4 is 0 Å². The molecule has 0 spiro atoms. The Bertz CT molecular complexity index is 1430. The lowest BCUT2D eigenvalue weighted by molar-refractivity contribution is -0.313. The predicted octanol–water partition coefficient (Wildman–Crippen LogP) is 16.2. The van der Waals surface area contributed by atoms with Gasteiger partial charge in [-0.15, -0.1) is 0 Å². The second-order valence-electron chi connectivity index (χ2n) is 25.0. The highest BCUT2D eigenvalue weighted by molar-refractivity contribution is 5.69. The summed E-state index contributed by atoms with van der Waals surface area (Å²) >= 11 is 0. The molecule has 4 aliphatic carbocycles. The fourth-order valence-corrected chi connectivity index (χ4v) is 15.2. The van der Waals surface area contributed by atoms with E-state index in [4.69, 9.17) is 14.2 Å². The molecule has 1 saturated heterocycles. The van der Waals surface area contributed by atoms with Crippen molar-refractivity contribution >= 4 is 5.97 Å². The Kier molecular flexibility index (Phi) is 26.5. The van der Waals surface area contributed by atoms with Gasteiger partial charge in [0.15, 0.2) is 6.29 Å². The Morgan fingerprint density at radius 1 is 0.667 bits per heavy atom. The van der Waals surface area contributed by atoms with Gasteiger partial charge in [0.25, 0.3) is 0 Å². The van der Waals surface area contributed by atoms with Crippen LogP contribution in [0.15, 0.2) is 11.6 Å². The average molecular weight is 970 g/mol. The van der Waals surface area contributed by atoms with Crippen molar-refractivity contribution in [1.82, 2.24) is 0 Å². The van der Waals surface area contributed by atoms with Gasteiger partial charge in [-0.05, 0) is 116 Å². The van der Waals surface area contributed by atoms with E-state index < -0.39 is 30.7 Å². The molecule has 402 valence electrons. The smallest absolute Gasteiger partial charge is 0.305 e. The first-order valence-electron chi connectivity index (χ1n) is 30.5. The number of allylic oxidation sites excluding steroid dienone is 1. The number of fused-ring (bicyclic) bond motifs is 5. The van der Waals surface area contributed by atoms with E-state index >= 15 is 0 Å². The Balaban J connectivity index is 0.902. The van der Waals surface area contributed by atoms with E-state index in [2.05, 4.69) is 54.5 Å². The lowest BCUT2D eigenvalue weighted by atomic mass is 9.47. The van der Waals surface area contributed by atoms with Gasteiger partial charge in [0.05, 0.1) is 6.10 Å². The molecule has 3 saturated carbocycles. The minimum absolute atomic E-state index is 0.141. The first-order chi connectivity index (χ1) is 33.3. The van der Waals surface area contributed by atoms with E-state index in [1.165, 1.54) is 185 Å². The van der Waals surface area contributed by atoms with Crippen LogP contribution in [0, 0.1) is 52.3 Å². The molecule has 7 heteroatoms. The molecule has 5 aliphatic rings. The number of rotatable bonds is 35. The number of esters is 1. The second-order valence-corrected chi connectivity index (χ2v) is 25.0. The molecule has 69 heavy (non-hydrogen) atoms. The maximum absolute atomic E-state index is 12.7. The summed E-state index contributed by atoms with van der Waals surface area (Å²) < 4.78 is 18.1. The number of aliphatic hydroxyl groups excluding tert-OH is 3. The predicted molar refractivity (Wildman–Crippen MR) is 286 cm³/mol. The number of unbranched alkanes of at least 4 members (excludes halogenated alkanes) is 23. The van der Waals surface area contributed by atoms with Crippen molar-refractivity contribution in [2.24, 2.45) is 52.3 Å². The van der Waals surface area contributed by atoms with Crippen LogP contribution in [0.1, 0.15) is 280 Å². The molecule has 4 fully saturated rings. The second kappa shape index (κ2) is 31.0. The number of hydrogen-bond acceptors (Lipinski definition) is 7. The normalized spacial score (nSPS) is 33.1. The summed E-state index contributed by atoms with van der Waals surface area (Å²) in [5.41, 5.74) is 2.13. The molecular formula is C62H112O7. The van der Waals surface area contributed by atoms with Gasteiger partial charge in [-0.2, -0.15) is 0 Å². The molecule has 14 unspecified atom stereocenters. The molecule has 7 nitrogen and oxygen atoms in total. The minimum atomic E-state index is -1.44. The first kappa shape index (κ1) is 58.9. The topological polar surface area (TPSA) is 105 Å². The highest BCUT2D eigenvalue weighted by atomic mass is 16.7. The van der Waals surface area contributed by atoms with Crippen LogP contribution in [0.25, 0.3) is 0 Å². The standard InChI is InChI=1S/C62H112O7/c1-8-10-11-12-13-14-15-16-17-18-19-20-21-22-23-24-25-26-27-28-29-30-31-32-33-56(63)67-45-55-57(64)58(65)59(66)60(69-55)68-50-40-42-61(6)49(44-50)36-37-51-53-39-38-52(62(53,7)43-41-54(51)61)47(5)34-35-48(9-2)46(3)4/h36,46-48,50-55,57-60,64-66H,8-35,37-45H2,1-7H3. The Morgan fingerprint density at radius 2 is 1.22 bits per heavy atom. The minimum Gasteiger partial charge on any atom is -0.463 e. The summed E-state index contributed by atoms with van der Waals surface area (Å²) in [4.78, 5) is 12.7. The largest absolute Gasteiger partial charge is 0.463 e. The molecule has 5 rings (SSSR count). The van der Waals surface area contributed by atoms with E-state index in [0.29, 0.717) is 17.8 Å². The van der Waals surface area contributed by atoms with Gasteiger partial charge >= 0.3 is 5.97 Å². The average Bonchev–Trinajstić information content (AvgIpc) is 3.70. The third-order valence-electron chi connectivity index (χ3n) is 19.9. The number of carbonyl (C=O) groups excluding carboxylic acids is 1.